The van der Waals surface area contributed by atoms with Crippen molar-refractivity contribution in [1.82, 2.24) is 15.1 Å². The van der Waals surface area contributed by atoms with Gasteiger partial charge in [0.05, 0.1) is 0 Å². The minimum atomic E-state index is 0.736. The van der Waals surface area contributed by atoms with E-state index in [1.165, 1.54) is 58.3 Å². The molecule has 2 aliphatic rings. The third-order valence-electron chi connectivity index (χ3n) is 5.59. The number of likely N-dealkylation sites (N-methyl/N-ethyl adjacent to an activating group) is 2. The van der Waals surface area contributed by atoms with Crippen LogP contribution in [0.2, 0.25) is 0 Å². The molecule has 0 bridgehead atoms. The molecule has 20 heavy (non-hydrogen) atoms. The van der Waals surface area contributed by atoms with E-state index in [0.29, 0.717) is 0 Å². The number of nitrogens with zero attached hydrogens (tertiary/aromatic N) is 2. The third kappa shape index (κ3) is 4.19. The molecule has 3 heteroatoms. The second kappa shape index (κ2) is 7.77. The van der Waals surface area contributed by atoms with Gasteiger partial charge in [-0.05, 0) is 71.1 Å². The molecule has 1 saturated heterocycles. The number of likely N-dealkylation sites (tertiary alicyclic amines) is 1. The van der Waals surface area contributed by atoms with Gasteiger partial charge in [0.2, 0.25) is 0 Å². The second-order valence-corrected chi connectivity index (χ2v) is 7.22. The van der Waals surface area contributed by atoms with Gasteiger partial charge in [0.1, 0.15) is 0 Å². The third-order valence-corrected chi connectivity index (χ3v) is 5.59. The summed E-state index contributed by atoms with van der Waals surface area (Å²) in [6, 6.07) is 1.54. The zero-order valence-corrected chi connectivity index (χ0v) is 14.1. The Morgan fingerprint density at radius 1 is 1.20 bits per heavy atom. The second-order valence-electron chi connectivity index (χ2n) is 7.22. The van der Waals surface area contributed by atoms with Crippen LogP contribution in [0.25, 0.3) is 0 Å². The molecule has 118 valence electrons. The fourth-order valence-corrected chi connectivity index (χ4v) is 4.43. The van der Waals surface area contributed by atoms with Crippen LogP contribution >= 0.6 is 0 Å². The van der Waals surface area contributed by atoms with Gasteiger partial charge in [-0.3, -0.25) is 4.90 Å². The molecule has 0 spiro atoms. The van der Waals surface area contributed by atoms with E-state index < -0.39 is 0 Å². The molecule has 0 aromatic carbocycles. The molecule has 1 heterocycles. The molecule has 0 amide bonds. The highest BCUT2D eigenvalue weighted by Crippen LogP contribution is 2.29. The van der Waals surface area contributed by atoms with Gasteiger partial charge >= 0.3 is 0 Å². The van der Waals surface area contributed by atoms with Gasteiger partial charge < -0.3 is 10.2 Å². The lowest BCUT2D eigenvalue weighted by Gasteiger charge is -2.38. The van der Waals surface area contributed by atoms with Gasteiger partial charge in [0.15, 0.2) is 0 Å². The van der Waals surface area contributed by atoms with E-state index in [1.54, 1.807) is 0 Å². The van der Waals surface area contributed by atoms with Crippen LogP contribution in [0.4, 0.5) is 0 Å². The first kappa shape index (κ1) is 16.3. The summed E-state index contributed by atoms with van der Waals surface area (Å²) in [6.45, 7) is 9.79. The Morgan fingerprint density at radius 2 is 2.00 bits per heavy atom. The van der Waals surface area contributed by atoms with Crippen LogP contribution in [-0.4, -0.2) is 62.2 Å². The molecule has 4 unspecified atom stereocenters. The lowest BCUT2D eigenvalue weighted by molar-refractivity contribution is 0.139. The van der Waals surface area contributed by atoms with E-state index >= 15 is 0 Å². The van der Waals surface area contributed by atoms with Crippen LogP contribution < -0.4 is 5.32 Å². The fraction of sp³-hybridized carbons (Fsp3) is 1.00. The zero-order valence-electron chi connectivity index (χ0n) is 14.1. The minimum Gasteiger partial charge on any atom is -0.317 e. The van der Waals surface area contributed by atoms with Crippen molar-refractivity contribution in [2.24, 2.45) is 11.8 Å². The molecule has 1 N–H and O–H groups in total. The molecule has 1 saturated carbocycles. The molecule has 4 atom stereocenters. The summed E-state index contributed by atoms with van der Waals surface area (Å²) in [5.41, 5.74) is 0. The Bertz CT molecular complexity index is 281. The molecule has 0 aromatic heterocycles. The first-order chi connectivity index (χ1) is 9.63. The lowest BCUT2D eigenvalue weighted by atomic mass is 9.78. The average molecular weight is 281 g/mol. The van der Waals surface area contributed by atoms with Crippen LogP contribution in [0, 0.1) is 11.8 Å². The molecule has 0 aromatic rings. The Labute approximate surface area is 126 Å². The van der Waals surface area contributed by atoms with Gasteiger partial charge in [0.25, 0.3) is 0 Å². The Balaban J connectivity index is 1.81. The molecule has 0 radical (unpaired) electrons. The highest BCUT2D eigenvalue weighted by molar-refractivity contribution is 4.86. The predicted octanol–water partition coefficient (Wildman–Crippen LogP) is 2.43. The normalized spacial score (nSPS) is 35.9. The molecule has 3 nitrogen and oxygen atoms in total. The van der Waals surface area contributed by atoms with E-state index in [2.05, 4.69) is 43.1 Å². The van der Waals surface area contributed by atoms with Gasteiger partial charge in [-0.15, -0.1) is 0 Å². The summed E-state index contributed by atoms with van der Waals surface area (Å²) in [5.74, 6) is 1.75. The fourth-order valence-electron chi connectivity index (χ4n) is 4.43. The molecule has 1 aliphatic carbocycles. The summed E-state index contributed by atoms with van der Waals surface area (Å²) in [5, 5.41) is 3.56. The number of hydrogen-bond donors (Lipinski definition) is 1. The average Bonchev–Trinajstić information content (AvgIpc) is 2.86. The largest absolute Gasteiger partial charge is 0.317 e. The van der Waals surface area contributed by atoms with Gasteiger partial charge in [0, 0.05) is 25.2 Å². The molecule has 1 aliphatic heterocycles. The SMILES string of the molecule is CCN1CCCC1CN(C)CC1CC(C)CCC1NC. The van der Waals surface area contributed by atoms with Crippen LogP contribution in [0.1, 0.15) is 46.0 Å². The van der Waals surface area contributed by atoms with Crippen molar-refractivity contribution in [1.29, 1.82) is 0 Å². The van der Waals surface area contributed by atoms with Crippen LogP contribution in [0.5, 0.6) is 0 Å². The van der Waals surface area contributed by atoms with Crippen molar-refractivity contribution in [3.8, 4) is 0 Å². The van der Waals surface area contributed by atoms with E-state index in [1.807, 2.05) is 0 Å². The van der Waals surface area contributed by atoms with Gasteiger partial charge in [-0.1, -0.05) is 13.8 Å². The monoisotopic (exact) mass is 281 g/mol. The van der Waals surface area contributed by atoms with Crippen LogP contribution in [-0.2, 0) is 0 Å². The number of hydrogen-bond acceptors (Lipinski definition) is 3. The highest BCUT2D eigenvalue weighted by Gasteiger charge is 2.30. The summed E-state index contributed by atoms with van der Waals surface area (Å²) in [6.07, 6.45) is 6.96. The first-order valence-corrected chi connectivity index (χ1v) is 8.73. The summed E-state index contributed by atoms with van der Waals surface area (Å²) in [4.78, 5) is 5.27. The molecular formula is C17H35N3. The van der Waals surface area contributed by atoms with Crippen LogP contribution in [0.15, 0.2) is 0 Å². The summed E-state index contributed by atoms with van der Waals surface area (Å²) in [7, 11) is 4.47. The van der Waals surface area contributed by atoms with E-state index in [4.69, 9.17) is 0 Å². The summed E-state index contributed by atoms with van der Waals surface area (Å²) >= 11 is 0. The van der Waals surface area contributed by atoms with Gasteiger partial charge in [-0.2, -0.15) is 0 Å². The summed E-state index contributed by atoms with van der Waals surface area (Å²) < 4.78 is 0. The highest BCUT2D eigenvalue weighted by atomic mass is 15.2. The van der Waals surface area contributed by atoms with Crippen molar-refractivity contribution >= 4 is 0 Å². The topological polar surface area (TPSA) is 18.5 Å². The standard InChI is InChI=1S/C17H35N3/c1-5-20-10-6-7-16(20)13-19(4)12-15-11-14(2)8-9-17(15)18-3/h14-18H,5-13H2,1-4H3. The zero-order chi connectivity index (χ0) is 14.5. The Hall–Kier alpha value is -0.120. The van der Waals surface area contributed by atoms with Crippen molar-refractivity contribution < 1.29 is 0 Å². The maximum Gasteiger partial charge on any atom is 0.0223 e. The first-order valence-electron chi connectivity index (χ1n) is 8.73. The van der Waals surface area contributed by atoms with E-state index in [-0.39, 0.29) is 0 Å². The number of rotatable bonds is 6. The number of nitrogens with one attached hydrogen (secondary N) is 1. The maximum absolute atomic E-state index is 3.56. The van der Waals surface area contributed by atoms with E-state index in [9.17, 15) is 0 Å². The molecule has 2 rings (SSSR count). The van der Waals surface area contributed by atoms with E-state index in [0.717, 1.165) is 23.9 Å². The quantitative estimate of drug-likeness (QED) is 0.807. The van der Waals surface area contributed by atoms with Crippen molar-refractivity contribution in [3.05, 3.63) is 0 Å². The molecule has 2 fully saturated rings. The van der Waals surface area contributed by atoms with Crippen molar-refractivity contribution in [3.63, 3.8) is 0 Å². The predicted molar refractivity (Wildman–Crippen MR) is 87.1 cm³/mol. The maximum atomic E-state index is 3.56. The lowest BCUT2D eigenvalue weighted by Crippen LogP contribution is -2.46. The Morgan fingerprint density at radius 3 is 2.70 bits per heavy atom. The van der Waals surface area contributed by atoms with Gasteiger partial charge in [-0.25, -0.2) is 0 Å². The smallest absolute Gasteiger partial charge is 0.0223 e. The van der Waals surface area contributed by atoms with Crippen molar-refractivity contribution in [2.75, 3.05) is 40.3 Å². The van der Waals surface area contributed by atoms with Crippen LogP contribution in [0.3, 0.4) is 0 Å². The minimum absolute atomic E-state index is 0.736. The Kier molecular flexibility index (Phi) is 6.31. The van der Waals surface area contributed by atoms with Crippen molar-refractivity contribution in [2.45, 2.75) is 58.0 Å². The molecular weight excluding hydrogens is 246 g/mol.